The molecule has 0 spiro atoms. The Labute approximate surface area is 119 Å². The summed E-state index contributed by atoms with van der Waals surface area (Å²) in [7, 11) is 1.94. The van der Waals surface area contributed by atoms with E-state index in [1.54, 1.807) is 18.4 Å². The first-order valence-corrected chi connectivity index (χ1v) is 6.49. The van der Waals surface area contributed by atoms with Gasteiger partial charge in [0, 0.05) is 12.6 Å². The summed E-state index contributed by atoms with van der Waals surface area (Å²) in [4.78, 5) is 12.5. The first-order valence-electron chi connectivity index (χ1n) is 5.70. The molecule has 0 unspecified atom stereocenters. The van der Waals surface area contributed by atoms with E-state index in [0.717, 1.165) is 11.3 Å². The molecule has 2 rings (SSSR count). The molecule has 2 aromatic rings. The quantitative estimate of drug-likeness (QED) is 0.623. The van der Waals surface area contributed by atoms with Crippen LogP contribution in [0.2, 0.25) is 0 Å². The maximum atomic E-state index is 10.9. The van der Waals surface area contributed by atoms with Crippen molar-refractivity contribution in [3.63, 3.8) is 0 Å². The lowest BCUT2D eigenvalue weighted by Crippen LogP contribution is -2.16. The average Bonchev–Trinajstić information content (AvgIpc) is 2.84. The van der Waals surface area contributed by atoms with Gasteiger partial charge in [-0.1, -0.05) is 6.07 Å². The predicted octanol–water partition coefficient (Wildman–Crippen LogP) is 3.58. The van der Waals surface area contributed by atoms with Crippen molar-refractivity contribution in [3.05, 3.63) is 62.5 Å². The molecular weight excluding hydrogens is 312 g/mol. The van der Waals surface area contributed by atoms with Gasteiger partial charge in [-0.15, -0.1) is 0 Å². The summed E-state index contributed by atoms with van der Waals surface area (Å²) >= 11 is 3.18. The minimum Gasteiger partial charge on any atom is -0.468 e. The fourth-order valence-corrected chi connectivity index (χ4v) is 2.22. The smallest absolute Gasteiger partial charge is 0.283 e. The SMILES string of the molecule is CN(Cc1ccc(Br)c([N+](=O)[O-])c1)Cc1ccco1. The maximum Gasteiger partial charge on any atom is 0.283 e. The van der Waals surface area contributed by atoms with E-state index in [-0.39, 0.29) is 10.6 Å². The molecule has 1 aromatic heterocycles. The van der Waals surface area contributed by atoms with Crippen LogP contribution in [0.1, 0.15) is 11.3 Å². The first kappa shape index (κ1) is 13.8. The highest BCUT2D eigenvalue weighted by molar-refractivity contribution is 9.10. The predicted molar refractivity (Wildman–Crippen MR) is 74.7 cm³/mol. The van der Waals surface area contributed by atoms with Crippen LogP contribution in [0.5, 0.6) is 0 Å². The molecule has 0 aliphatic rings. The molecule has 0 radical (unpaired) electrons. The van der Waals surface area contributed by atoms with E-state index in [2.05, 4.69) is 15.9 Å². The number of halogens is 1. The molecule has 100 valence electrons. The van der Waals surface area contributed by atoms with Gasteiger partial charge in [0.05, 0.1) is 22.2 Å². The van der Waals surface area contributed by atoms with Crippen LogP contribution >= 0.6 is 15.9 Å². The Kier molecular flexibility index (Phi) is 4.34. The number of hydrogen-bond acceptors (Lipinski definition) is 4. The van der Waals surface area contributed by atoms with E-state index in [4.69, 9.17) is 4.42 Å². The average molecular weight is 325 g/mol. The first-order chi connectivity index (χ1) is 9.06. The molecule has 1 heterocycles. The monoisotopic (exact) mass is 324 g/mol. The largest absolute Gasteiger partial charge is 0.468 e. The standard InChI is InChI=1S/C13H13BrN2O3/c1-15(9-11-3-2-6-19-11)8-10-4-5-12(14)13(7-10)16(17)18/h2-7H,8-9H2,1H3. The number of benzene rings is 1. The van der Waals surface area contributed by atoms with Crippen LogP contribution in [0.3, 0.4) is 0 Å². The van der Waals surface area contributed by atoms with Gasteiger partial charge in [-0.3, -0.25) is 15.0 Å². The molecule has 0 saturated heterocycles. The zero-order valence-corrected chi connectivity index (χ0v) is 12.0. The maximum absolute atomic E-state index is 10.9. The van der Waals surface area contributed by atoms with Gasteiger partial charge < -0.3 is 4.42 Å². The Morgan fingerprint density at radius 2 is 2.16 bits per heavy atom. The second-order valence-electron chi connectivity index (χ2n) is 4.29. The zero-order valence-electron chi connectivity index (χ0n) is 10.4. The second-order valence-corrected chi connectivity index (χ2v) is 5.15. The molecule has 5 nitrogen and oxygen atoms in total. The van der Waals surface area contributed by atoms with Crippen molar-refractivity contribution in [2.24, 2.45) is 0 Å². The van der Waals surface area contributed by atoms with Gasteiger partial charge in [-0.05, 0) is 46.7 Å². The van der Waals surface area contributed by atoms with E-state index in [9.17, 15) is 10.1 Å². The third-order valence-electron chi connectivity index (χ3n) is 2.67. The van der Waals surface area contributed by atoms with Gasteiger partial charge in [-0.2, -0.15) is 0 Å². The third-order valence-corrected chi connectivity index (χ3v) is 3.34. The number of nitro groups is 1. The van der Waals surface area contributed by atoms with Gasteiger partial charge in [0.25, 0.3) is 5.69 Å². The Bertz CT molecular complexity index is 569. The van der Waals surface area contributed by atoms with Crippen LogP contribution in [-0.4, -0.2) is 16.9 Å². The summed E-state index contributed by atoms with van der Waals surface area (Å²) < 4.78 is 5.76. The van der Waals surface area contributed by atoms with E-state index in [1.807, 2.05) is 30.1 Å². The van der Waals surface area contributed by atoms with Gasteiger partial charge in [0.15, 0.2) is 0 Å². The van der Waals surface area contributed by atoms with Crippen LogP contribution in [0.4, 0.5) is 5.69 Å². The fourth-order valence-electron chi connectivity index (χ4n) is 1.83. The fraction of sp³-hybridized carbons (Fsp3) is 0.231. The van der Waals surface area contributed by atoms with Crippen LogP contribution < -0.4 is 0 Å². The van der Waals surface area contributed by atoms with Crippen LogP contribution in [0.25, 0.3) is 0 Å². The van der Waals surface area contributed by atoms with Crippen LogP contribution in [-0.2, 0) is 13.1 Å². The number of hydrogen-bond donors (Lipinski definition) is 0. The summed E-state index contributed by atoms with van der Waals surface area (Å²) in [6, 6.07) is 8.90. The summed E-state index contributed by atoms with van der Waals surface area (Å²) in [6.45, 7) is 1.28. The van der Waals surface area contributed by atoms with Gasteiger partial charge >= 0.3 is 0 Å². The molecule has 19 heavy (non-hydrogen) atoms. The van der Waals surface area contributed by atoms with Crippen molar-refractivity contribution >= 4 is 21.6 Å². The lowest BCUT2D eigenvalue weighted by atomic mass is 10.2. The van der Waals surface area contributed by atoms with Crippen molar-refractivity contribution in [3.8, 4) is 0 Å². The highest BCUT2D eigenvalue weighted by Crippen LogP contribution is 2.26. The number of nitrogens with zero attached hydrogens (tertiary/aromatic N) is 2. The van der Waals surface area contributed by atoms with E-state index in [1.165, 1.54) is 0 Å². The molecule has 0 bridgehead atoms. The highest BCUT2D eigenvalue weighted by atomic mass is 79.9. The minimum atomic E-state index is -0.389. The molecule has 1 aromatic carbocycles. The summed E-state index contributed by atoms with van der Waals surface area (Å²) in [5, 5.41) is 10.9. The summed E-state index contributed by atoms with van der Waals surface area (Å²) in [5.74, 6) is 0.870. The Morgan fingerprint density at radius 3 is 2.79 bits per heavy atom. The van der Waals surface area contributed by atoms with Gasteiger partial charge in [0.1, 0.15) is 5.76 Å². The number of nitro benzene ring substituents is 1. The van der Waals surface area contributed by atoms with Crippen molar-refractivity contribution in [1.82, 2.24) is 4.90 Å². The van der Waals surface area contributed by atoms with Crippen molar-refractivity contribution < 1.29 is 9.34 Å². The van der Waals surface area contributed by atoms with Crippen LogP contribution in [0, 0.1) is 10.1 Å². The third kappa shape index (κ3) is 3.65. The molecule has 0 aliphatic heterocycles. The lowest BCUT2D eigenvalue weighted by Gasteiger charge is -2.15. The highest BCUT2D eigenvalue weighted by Gasteiger charge is 2.13. The Hall–Kier alpha value is -1.66. The molecule has 0 aliphatic carbocycles. The molecule has 0 atom stereocenters. The summed E-state index contributed by atoms with van der Waals surface area (Å²) in [6.07, 6.45) is 1.63. The molecule has 0 amide bonds. The Morgan fingerprint density at radius 1 is 1.37 bits per heavy atom. The molecule has 6 heteroatoms. The molecular formula is C13H13BrN2O3. The number of rotatable bonds is 5. The molecule has 0 fully saturated rings. The van der Waals surface area contributed by atoms with Crippen LogP contribution in [0.15, 0.2) is 45.5 Å². The van der Waals surface area contributed by atoms with E-state index in [0.29, 0.717) is 17.6 Å². The van der Waals surface area contributed by atoms with Crippen molar-refractivity contribution in [2.45, 2.75) is 13.1 Å². The normalized spacial score (nSPS) is 10.9. The molecule has 0 saturated carbocycles. The number of furan rings is 1. The van der Waals surface area contributed by atoms with Crippen molar-refractivity contribution in [2.75, 3.05) is 7.05 Å². The van der Waals surface area contributed by atoms with Crippen molar-refractivity contribution in [1.29, 1.82) is 0 Å². The van der Waals surface area contributed by atoms with E-state index < -0.39 is 0 Å². The Balaban J connectivity index is 2.06. The van der Waals surface area contributed by atoms with Gasteiger partial charge in [0.2, 0.25) is 0 Å². The molecule has 0 N–H and O–H groups in total. The van der Waals surface area contributed by atoms with E-state index >= 15 is 0 Å². The zero-order chi connectivity index (χ0) is 13.8. The topological polar surface area (TPSA) is 59.5 Å². The minimum absolute atomic E-state index is 0.0869. The van der Waals surface area contributed by atoms with Gasteiger partial charge in [-0.25, -0.2) is 0 Å². The second kappa shape index (κ2) is 5.99. The summed E-state index contributed by atoms with van der Waals surface area (Å²) in [5.41, 5.74) is 0.979. The lowest BCUT2D eigenvalue weighted by molar-refractivity contribution is -0.385.